The third-order valence-electron chi connectivity index (χ3n) is 2.89. The Balaban J connectivity index is 2.55. The molecule has 1 amide bonds. The number of hydrogen-bond acceptors (Lipinski definition) is 2. The third-order valence-corrected chi connectivity index (χ3v) is 2.89. The standard InChI is InChI=1S/C14H21NO2/c1-4-5-13(16)9-15-14(17)12-7-6-10(2)11(3)8-12/h6-8,13,16H,4-5,9H2,1-3H3,(H,15,17). The van der Waals surface area contributed by atoms with Crippen molar-refractivity contribution in [1.82, 2.24) is 5.32 Å². The minimum Gasteiger partial charge on any atom is -0.391 e. The lowest BCUT2D eigenvalue weighted by molar-refractivity contribution is 0.0910. The lowest BCUT2D eigenvalue weighted by atomic mass is 10.1. The molecule has 0 heterocycles. The summed E-state index contributed by atoms with van der Waals surface area (Å²) < 4.78 is 0. The Morgan fingerprint density at radius 1 is 1.35 bits per heavy atom. The van der Waals surface area contributed by atoms with E-state index < -0.39 is 6.10 Å². The first-order chi connectivity index (χ1) is 8.04. The van der Waals surface area contributed by atoms with Gasteiger partial charge in [-0.3, -0.25) is 4.79 Å². The fourth-order valence-electron chi connectivity index (χ4n) is 1.63. The van der Waals surface area contributed by atoms with E-state index in [0.29, 0.717) is 18.5 Å². The van der Waals surface area contributed by atoms with Crippen LogP contribution in [0, 0.1) is 13.8 Å². The minimum atomic E-state index is -0.449. The number of nitrogens with one attached hydrogen (secondary N) is 1. The van der Waals surface area contributed by atoms with E-state index in [1.54, 1.807) is 0 Å². The second-order valence-electron chi connectivity index (χ2n) is 4.45. The highest BCUT2D eigenvalue weighted by molar-refractivity contribution is 5.94. The van der Waals surface area contributed by atoms with Crippen LogP contribution in [0.1, 0.15) is 41.3 Å². The summed E-state index contributed by atoms with van der Waals surface area (Å²) in [7, 11) is 0. The van der Waals surface area contributed by atoms with Crippen LogP contribution in [-0.4, -0.2) is 23.7 Å². The fraction of sp³-hybridized carbons (Fsp3) is 0.500. The number of carbonyl (C=O) groups excluding carboxylic acids is 1. The van der Waals surface area contributed by atoms with Gasteiger partial charge < -0.3 is 10.4 Å². The SMILES string of the molecule is CCCC(O)CNC(=O)c1ccc(C)c(C)c1. The van der Waals surface area contributed by atoms with Crippen LogP contribution in [0.2, 0.25) is 0 Å². The minimum absolute atomic E-state index is 0.122. The molecule has 0 aromatic heterocycles. The van der Waals surface area contributed by atoms with Crippen LogP contribution in [0.5, 0.6) is 0 Å². The Labute approximate surface area is 103 Å². The van der Waals surface area contributed by atoms with Gasteiger partial charge in [0.2, 0.25) is 0 Å². The Morgan fingerprint density at radius 2 is 2.06 bits per heavy atom. The first kappa shape index (κ1) is 13.7. The van der Waals surface area contributed by atoms with E-state index in [0.717, 1.165) is 12.0 Å². The normalized spacial score (nSPS) is 12.2. The number of rotatable bonds is 5. The van der Waals surface area contributed by atoms with E-state index in [-0.39, 0.29) is 5.91 Å². The molecule has 1 aromatic carbocycles. The summed E-state index contributed by atoms with van der Waals surface area (Å²) in [6.07, 6.45) is 1.18. The van der Waals surface area contributed by atoms with Crippen molar-refractivity contribution in [3.8, 4) is 0 Å². The van der Waals surface area contributed by atoms with Crippen molar-refractivity contribution in [3.05, 3.63) is 34.9 Å². The predicted octanol–water partition coefficient (Wildman–Crippen LogP) is 2.19. The summed E-state index contributed by atoms with van der Waals surface area (Å²) in [4.78, 5) is 11.8. The Kier molecular flexibility index (Phi) is 5.16. The van der Waals surface area contributed by atoms with Gasteiger partial charge in [0.05, 0.1) is 6.10 Å². The second kappa shape index (κ2) is 6.40. The zero-order valence-corrected chi connectivity index (χ0v) is 10.8. The van der Waals surface area contributed by atoms with E-state index in [1.807, 2.05) is 39.0 Å². The number of aliphatic hydroxyl groups excluding tert-OH is 1. The second-order valence-corrected chi connectivity index (χ2v) is 4.45. The maximum absolute atomic E-state index is 11.8. The monoisotopic (exact) mass is 235 g/mol. The largest absolute Gasteiger partial charge is 0.391 e. The predicted molar refractivity (Wildman–Crippen MR) is 69.2 cm³/mol. The molecular formula is C14H21NO2. The van der Waals surface area contributed by atoms with Crippen LogP contribution in [0.15, 0.2) is 18.2 Å². The van der Waals surface area contributed by atoms with Crippen molar-refractivity contribution in [2.24, 2.45) is 0 Å². The molecule has 1 atom stereocenters. The molecular weight excluding hydrogens is 214 g/mol. The number of aryl methyl sites for hydroxylation is 2. The van der Waals surface area contributed by atoms with Gasteiger partial charge in [0.25, 0.3) is 5.91 Å². The summed E-state index contributed by atoms with van der Waals surface area (Å²) >= 11 is 0. The van der Waals surface area contributed by atoms with Crippen molar-refractivity contribution < 1.29 is 9.90 Å². The van der Waals surface area contributed by atoms with Crippen molar-refractivity contribution >= 4 is 5.91 Å². The summed E-state index contributed by atoms with van der Waals surface area (Å²) in [6.45, 7) is 6.33. The number of amides is 1. The Morgan fingerprint density at radius 3 is 2.65 bits per heavy atom. The fourth-order valence-corrected chi connectivity index (χ4v) is 1.63. The molecule has 1 unspecified atom stereocenters. The molecule has 0 bridgehead atoms. The van der Waals surface area contributed by atoms with Gasteiger partial charge in [-0.2, -0.15) is 0 Å². The molecule has 1 rings (SSSR count). The van der Waals surface area contributed by atoms with Gasteiger partial charge in [0, 0.05) is 12.1 Å². The quantitative estimate of drug-likeness (QED) is 0.822. The first-order valence-electron chi connectivity index (χ1n) is 6.08. The van der Waals surface area contributed by atoms with Crippen molar-refractivity contribution in [1.29, 1.82) is 0 Å². The molecule has 0 aliphatic heterocycles. The molecule has 0 aliphatic carbocycles. The van der Waals surface area contributed by atoms with Crippen LogP contribution in [-0.2, 0) is 0 Å². The molecule has 0 fully saturated rings. The molecule has 0 spiro atoms. The Bertz CT molecular complexity index is 388. The smallest absolute Gasteiger partial charge is 0.251 e. The Hall–Kier alpha value is -1.35. The molecule has 94 valence electrons. The number of hydrogen-bond donors (Lipinski definition) is 2. The summed E-state index contributed by atoms with van der Waals surface area (Å²) in [5.41, 5.74) is 2.93. The summed E-state index contributed by atoms with van der Waals surface area (Å²) in [5.74, 6) is -0.122. The van der Waals surface area contributed by atoms with Crippen molar-refractivity contribution in [2.75, 3.05) is 6.54 Å². The molecule has 0 radical (unpaired) electrons. The first-order valence-corrected chi connectivity index (χ1v) is 6.08. The van der Waals surface area contributed by atoms with Crippen LogP contribution >= 0.6 is 0 Å². The molecule has 3 nitrogen and oxygen atoms in total. The van der Waals surface area contributed by atoms with Gasteiger partial charge in [-0.15, -0.1) is 0 Å². The molecule has 0 aliphatic rings. The molecule has 2 N–H and O–H groups in total. The van der Waals surface area contributed by atoms with Crippen molar-refractivity contribution in [2.45, 2.75) is 39.7 Å². The molecule has 1 aromatic rings. The lowest BCUT2D eigenvalue weighted by Gasteiger charge is -2.11. The van der Waals surface area contributed by atoms with Crippen LogP contribution in [0.25, 0.3) is 0 Å². The van der Waals surface area contributed by atoms with Crippen molar-refractivity contribution in [3.63, 3.8) is 0 Å². The average Bonchev–Trinajstić information content (AvgIpc) is 2.30. The van der Waals surface area contributed by atoms with Crippen LogP contribution in [0.4, 0.5) is 0 Å². The third kappa shape index (κ3) is 4.19. The van der Waals surface area contributed by atoms with Gasteiger partial charge in [0.1, 0.15) is 0 Å². The lowest BCUT2D eigenvalue weighted by Crippen LogP contribution is -2.32. The molecule has 17 heavy (non-hydrogen) atoms. The number of aliphatic hydroxyl groups is 1. The van der Waals surface area contributed by atoms with Crippen LogP contribution < -0.4 is 5.32 Å². The van der Waals surface area contributed by atoms with Crippen LogP contribution in [0.3, 0.4) is 0 Å². The zero-order chi connectivity index (χ0) is 12.8. The molecule has 3 heteroatoms. The maximum Gasteiger partial charge on any atom is 0.251 e. The zero-order valence-electron chi connectivity index (χ0n) is 10.8. The number of carbonyl (C=O) groups is 1. The van der Waals surface area contributed by atoms with E-state index in [1.165, 1.54) is 5.56 Å². The summed E-state index contributed by atoms with van der Waals surface area (Å²) in [6, 6.07) is 5.62. The summed E-state index contributed by atoms with van der Waals surface area (Å²) in [5, 5.41) is 12.3. The molecule has 0 saturated heterocycles. The van der Waals surface area contributed by atoms with Gasteiger partial charge in [-0.1, -0.05) is 19.4 Å². The van der Waals surface area contributed by atoms with E-state index in [4.69, 9.17) is 0 Å². The number of benzene rings is 1. The molecule has 0 saturated carbocycles. The van der Waals surface area contributed by atoms with E-state index >= 15 is 0 Å². The van der Waals surface area contributed by atoms with E-state index in [2.05, 4.69) is 5.32 Å². The highest BCUT2D eigenvalue weighted by Gasteiger charge is 2.08. The van der Waals surface area contributed by atoms with Gasteiger partial charge in [-0.05, 0) is 43.5 Å². The average molecular weight is 235 g/mol. The van der Waals surface area contributed by atoms with E-state index in [9.17, 15) is 9.90 Å². The maximum atomic E-state index is 11.8. The van der Waals surface area contributed by atoms with Gasteiger partial charge in [0.15, 0.2) is 0 Å². The highest BCUT2D eigenvalue weighted by Crippen LogP contribution is 2.09. The van der Waals surface area contributed by atoms with Gasteiger partial charge in [-0.25, -0.2) is 0 Å². The highest BCUT2D eigenvalue weighted by atomic mass is 16.3. The van der Waals surface area contributed by atoms with Gasteiger partial charge >= 0.3 is 0 Å². The topological polar surface area (TPSA) is 49.3 Å².